The van der Waals surface area contributed by atoms with E-state index in [0.29, 0.717) is 18.4 Å². The number of thiol groups is 1. The van der Waals surface area contributed by atoms with Gasteiger partial charge in [-0.05, 0) is 39.3 Å². The molecule has 2 aliphatic heterocycles. The van der Waals surface area contributed by atoms with Crippen molar-refractivity contribution in [1.82, 2.24) is 9.80 Å². The maximum atomic E-state index is 12.1. The third-order valence-corrected chi connectivity index (χ3v) is 3.29. The minimum atomic E-state index is -0.476. The van der Waals surface area contributed by atoms with Gasteiger partial charge in [-0.2, -0.15) is 0 Å². The quantitative estimate of drug-likeness (QED) is 0.796. The average molecular weight is 310 g/mol. The van der Waals surface area contributed by atoms with Crippen molar-refractivity contribution in [2.45, 2.75) is 39.3 Å². The zero-order valence-electron chi connectivity index (χ0n) is 12.9. The van der Waals surface area contributed by atoms with E-state index < -0.39 is 5.60 Å². The summed E-state index contributed by atoms with van der Waals surface area (Å²) in [6.07, 6.45) is 7.48. The molecule has 0 fully saturated rings. The van der Waals surface area contributed by atoms with Crippen molar-refractivity contribution in [1.29, 1.82) is 0 Å². The van der Waals surface area contributed by atoms with E-state index in [1.807, 2.05) is 51.1 Å². The van der Waals surface area contributed by atoms with Gasteiger partial charge in [0.15, 0.2) is 11.8 Å². The molecule has 2 aliphatic rings. The van der Waals surface area contributed by atoms with Crippen LogP contribution in [0.4, 0.5) is 4.79 Å². The summed E-state index contributed by atoms with van der Waals surface area (Å²) in [6, 6.07) is 0.0327. The highest BCUT2D eigenvalue weighted by molar-refractivity contribution is 7.84. The number of carbonyl (C=O) groups is 1. The molecule has 21 heavy (non-hydrogen) atoms. The molecule has 0 aromatic rings. The van der Waals surface area contributed by atoms with Crippen molar-refractivity contribution in [2.75, 3.05) is 13.3 Å². The van der Waals surface area contributed by atoms with Crippen LogP contribution >= 0.6 is 12.6 Å². The third kappa shape index (κ3) is 4.46. The van der Waals surface area contributed by atoms with Crippen molar-refractivity contribution < 1.29 is 14.3 Å². The first-order chi connectivity index (χ1) is 9.74. The molecule has 1 amide bonds. The summed E-state index contributed by atoms with van der Waals surface area (Å²) in [4.78, 5) is 15.7. The molecule has 0 aromatic heterocycles. The first kappa shape index (κ1) is 15.8. The maximum absolute atomic E-state index is 12.1. The highest BCUT2D eigenvalue weighted by Gasteiger charge is 2.29. The van der Waals surface area contributed by atoms with Gasteiger partial charge in [-0.15, -0.1) is 12.6 Å². The molecule has 116 valence electrons. The van der Waals surface area contributed by atoms with Crippen LogP contribution in [0.1, 0.15) is 27.7 Å². The van der Waals surface area contributed by atoms with Crippen LogP contribution in [0.5, 0.6) is 0 Å². The second-order valence-corrected chi connectivity index (χ2v) is 6.60. The van der Waals surface area contributed by atoms with E-state index >= 15 is 0 Å². The summed E-state index contributed by atoms with van der Waals surface area (Å²) in [5.41, 5.74) is 0.602. The lowest BCUT2D eigenvalue weighted by molar-refractivity contribution is 0.0251. The molecule has 6 heteroatoms. The SMILES string of the molecule is C[C@@H]1C=C(/C=C/N2C=C(S)OC2)CN1C(=O)OC(C)(C)C. The van der Waals surface area contributed by atoms with Crippen LogP contribution < -0.4 is 0 Å². The van der Waals surface area contributed by atoms with Gasteiger partial charge in [0.2, 0.25) is 0 Å². The molecule has 2 rings (SSSR count). The molecular formula is C15H22N2O3S. The Bertz CT molecular complexity index is 506. The highest BCUT2D eigenvalue weighted by Crippen LogP contribution is 2.21. The monoisotopic (exact) mass is 310 g/mol. The molecule has 2 heterocycles. The van der Waals surface area contributed by atoms with Gasteiger partial charge in [0.05, 0.1) is 12.2 Å². The minimum Gasteiger partial charge on any atom is -0.465 e. The molecular weight excluding hydrogens is 288 g/mol. The Morgan fingerprint density at radius 2 is 2.24 bits per heavy atom. The van der Waals surface area contributed by atoms with Crippen molar-refractivity contribution in [3.05, 3.63) is 35.2 Å². The van der Waals surface area contributed by atoms with Crippen LogP contribution in [0.15, 0.2) is 35.2 Å². The van der Waals surface area contributed by atoms with Gasteiger partial charge in [-0.1, -0.05) is 6.08 Å². The highest BCUT2D eigenvalue weighted by atomic mass is 32.1. The first-order valence-corrected chi connectivity index (χ1v) is 7.37. The van der Waals surface area contributed by atoms with Gasteiger partial charge in [0.25, 0.3) is 0 Å². The molecule has 0 unspecified atom stereocenters. The summed E-state index contributed by atoms with van der Waals surface area (Å²) >= 11 is 4.13. The van der Waals surface area contributed by atoms with Gasteiger partial charge in [-0.25, -0.2) is 4.79 Å². The molecule has 0 aromatic carbocycles. The second-order valence-electron chi connectivity index (χ2n) is 6.16. The van der Waals surface area contributed by atoms with Crippen LogP contribution in [-0.4, -0.2) is 40.8 Å². The number of carbonyl (C=O) groups excluding carboxylic acids is 1. The second kappa shape index (κ2) is 6.05. The number of amides is 1. The van der Waals surface area contributed by atoms with E-state index in [1.165, 1.54) is 0 Å². The average Bonchev–Trinajstić information content (AvgIpc) is 2.91. The van der Waals surface area contributed by atoms with Gasteiger partial charge >= 0.3 is 6.09 Å². The Kier molecular flexibility index (Phi) is 4.56. The molecule has 5 nitrogen and oxygen atoms in total. The van der Waals surface area contributed by atoms with Crippen molar-refractivity contribution in [2.24, 2.45) is 0 Å². The fourth-order valence-corrected chi connectivity index (χ4v) is 2.29. The molecule has 0 saturated carbocycles. The van der Waals surface area contributed by atoms with Crippen LogP contribution in [-0.2, 0) is 9.47 Å². The fraction of sp³-hybridized carbons (Fsp3) is 0.533. The van der Waals surface area contributed by atoms with Gasteiger partial charge in [0.1, 0.15) is 5.60 Å². The standard InChI is InChI=1S/C15H22N2O3S/c1-11-7-12(5-6-16-9-13(21)19-10-16)8-17(11)14(18)20-15(2,3)4/h5-7,9,11,21H,8,10H2,1-4H3/b6-5+/t11-/m1/s1. The Balaban J connectivity index is 1.92. The Morgan fingerprint density at radius 1 is 1.52 bits per heavy atom. The van der Waals surface area contributed by atoms with E-state index in [1.54, 1.807) is 4.90 Å². The maximum Gasteiger partial charge on any atom is 0.411 e. The van der Waals surface area contributed by atoms with Crippen LogP contribution in [0, 0.1) is 0 Å². The number of nitrogens with zero attached hydrogens (tertiary/aromatic N) is 2. The predicted octanol–water partition coefficient (Wildman–Crippen LogP) is 3.08. The summed E-state index contributed by atoms with van der Waals surface area (Å²) < 4.78 is 10.6. The lowest BCUT2D eigenvalue weighted by Gasteiger charge is -2.27. The van der Waals surface area contributed by atoms with E-state index in [-0.39, 0.29) is 12.1 Å². The van der Waals surface area contributed by atoms with E-state index in [2.05, 4.69) is 18.7 Å². The first-order valence-electron chi connectivity index (χ1n) is 6.92. The number of rotatable bonds is 2. The predicted molar refractivity (Wildman–Crippen MR) is 84.5 cm³/mol. The van der Waals surface area contributed by atoms with E-state index in [0.717, 1.165) is 5.57 Å². The lowest BCUT2D eigenvalue weighted by atomic mass is 10.2. The molecule has 1 atom stereocenters. The largest absolute Gasteiger partial charge is 0.465 e. The minimum absolute atomic E-state index is 0.0327. The fourth-order valence-electron chi connectivity index (χ4n) is 2.09. The van der Waals surface area contributed by atoms with Crippen LogP contribution in [0.3, 0.4) is 0 Å². The number of hydrogen-bond donors (Lipinski definition) is 1. The summed E-state index contributed by atoms with van der Waals surface area (Å²) in [6.45, 7) is 8.61. The zero-order chi connectivity index (χ0) is 15.6. The number of ether oxygens (including phenoxy) is 2. The van der Waals surface area contributed by atoms with Gasteiger partial charge < -0.3 is 14.4 Å². The summed E-state index contributed by atoms with van der Waals surface area (Å²) in [5.74, 6) is 0. The molecule has 0 N–H and O–H groups in total. The molecule has 0 spiro atoms. The zero-order valence-corrected chi connectivity index (χ0v) is 13.8. The van der Waals surface area contributed by atoms with E-state index in [9.17, 15) is 4.79 Å². The molecule has 0 bridgehead atoms. The Hall–Kier alpha value is -1.56. The third-order valence-electron chi connectivity index (χ3n) is 3.05. The normalized spacial score (nSPS) is 22.4. The van der Waals surface area contributed by atoms with Crippen molar-refractivity contribution >= 4 is 18.7 Å². The molecule has 0 saturated heterocycles. The van der Waals surface area contributed by atoms with Crippen molar-refractivity contribution in [3.63, 3.8) is 0 Å². The molecule has 0 radical (unpaired) electrons. The summed E-state index contributed by atoms with van der Waals surface area (Å²) in [7, 11) is 0. The lowest BCUT2D eigenvalue weighted by Crippen LogP contribution is -2.39. The van der Waals surface area contributed by atoms with Crippen molar-refractivity contribution in [3.8, 4) is 0 Å². The Morgan fingerprint density at radius 3 is 2.81 bits per heavy atom. The number of hydrogen-bond acceptors (Lipinski definition) is 5. The van der Waals surface area contributed by atoms with Gasteiger partial charge in [0, 0.05) is 12.7 Å². The van der Waals surface area contributed by atoms with Crippen LogP contribution in [0.2, 0.25) is 0 Å². The van der Waals surface area contributed by atoms with E-state index in [4.69, 9.17) is 9.47 Å². The Labute approximate surface area is 131 Å². The van der Waals surface area contributed by atoms with Gasteiger partial charge in [-0.3, -0.25) is 4.90 Å². The smallest absolute Gasteiger partial charge is 0.411 e. The summed E-state index contributed by atoms with van der Waals surface area (Å²) in [5, 5.41) is 0.601. The van der Waals surface area contributed by atoms with Crippen LogP contribution in [0.25, 0.3) is 0 Å². The molecule has 0 aliphatic carbocycles. The topological polar surface area (TPSA) is 42.0 Å².